The highest BCUT2D eigenvalue weighted by Crippen LogP contribution is 2.23. The first kappa shape index (κ1) is 27.6. The van der Waals surface area contributed by atoms with Crippen LogP contribution in [0.25, 0.3) is 6.08 Å². The van der Waals surface area contributed by atoms with E-state index in [1.165, 1.54) is 11.8 Å². The molecule has 0 atom stereocenters. The van der Waals surface area contributed by atoms with E-state index in [1.807, 2.05) is 54.6 Å². The van der Waals surface area contributed by atoms with E-state index in [4.69, 9.17) is 0 Å². The zero-order chi connectivity index (χ0) is 26.9. The number of anilines is 1. The third kappa shape index (κ3) is 8.02. The molecule has 0 heterocycles. The van der Waals surface area contributed by atoms with Crippen LogP contribution in [0.15, 0.2) is 123 Å². The van der Waals surface area contributed by atoms with Crippen LogP contribution in [0.5, 0.6) is 0 Å². The van der Waals surface area contributed by atoms with Gasteiger partial charge in [-0.3, -0.25) is 14.4 Å². The fourth-order valence-corrected chi connectivity index (χ4v) is 4.88. The van der Waals surface area contributed by atoms with Crippen LogP contribution < -0.4 is 10.6 Å². The van der Waals surface area contributed by atoms with E-state index < -0.39 is 5.91 Å². The van der Waals surface area contributed by atoms with E-state index >= 15 is 0 Å². The molecule has 8 heteroatoms. The van der Waals surface area contributed by atoms with Crippen molar-refractivity contribution in [2.75, 3.05) is 11.1 Å². The lowest BCUT2D eigenvalue weighted by Crippen LogP contribution is -2.30. The van der Waals surface area contributed by atoms with Gasteiger partial charge in [0, 0.05) is 30.7 Å². The standard InChI is InChI=1S/C30H22Br2N2O3S/c31-23-11-9-21(10-12-23)28(35)19-38-26-15-13-25(14-16-26)33-30(37)27(18-20-5-4-8-24(32)17-20)34-29(36)22-6-2-1-3-7-22/h1-18H,19H2,(H,33,37)(H,34,36)/b27-18-. The highest BCUT2D eigenvalue weighted by molar-refractivity contribution is 9.10. The van der Waals surface area contributed by atoms with Gasteiger partial charge in [-0.25, -0.2) is 0 Å². The predicted octanol–water partition coefficient (Wildman–Crippen LogP) is 7.60. The third-order valence-electron chi connectivity index (χ3n) is 5.34. The van der Waals surface area contributed by atoms with Crippen molar-refractivity contribution in [1.29, 1.82) is 0 Å². The van der Waals surface area contributed by atoms with Crippen molar-refractivity contribution in [1.82, 2.24) is 5.32 Å². The van der Waals surface area contributed by atoms with E-state index in [1.54, 1.807) is 54.6 Å². The summed E-state index contributed by atoms with van der Waals surface area (Å²) in [6.07, 6.45) is 1.62. The van der Waals surface area contributed by atoms with Crippen molar-refractivity contribution in [3.63, 3.8) is 0 Å². The smallest absolute Gasteiger partial charge is 0.272 e. The monoisotopic (exact) mass is 648 g/mol. The highest BCUT2D eigenvalue weighted by Gasteiger charge is 2.15. The van der Waals surface area contributed by atoms with Crippen molar-refractivity contribution in [2.24, 2.45) is 0 Å². The van der Waals surface area contributed by atoms with Crippen LogP contribution in [0.3, 0.4) is 0 Å². The van der Waals surface area contributed by atoms with Gasteiger partial charge in [-0.05, 0) is 72.3 Å². The molecule has 0 saturated heterocycles. The minimum absolute atomic E-state index is 0.0383. The molecule has 0 aliphatic heterocycles. The van der Waals surface area contributed by atoms with Crippen molar-refractivity contribution >= 4 is 73.0 Å². The Balaban J connectivity index is 1.44. The summed E-state index contributed by atoms with van der Waals surface area (Å²) in [5.41, 5.74) is 2.52. The average molecular weight is 650 g/mol. The first-order valence-electron chi connectivity index (χ1n) is 11.5. The van der Waals surface area contributed by atoms with Crippen LogP contribution in [0.4, 0.5) is 5.69 Å². The number of Topliss-reactive ketones (excluding diaryl/α,β-unsaturated/α-hetero) is 1. The number of hydrogen-bond donors (Lipinski definition) is 2. The van der Waals surface area contributed by atoms with Gasteiger partial charge in [0.05, 0.1) is 5.75 Å². The lowest BCUT2D eigenvalue weighted by molar-refractivity contribution is -0.113. The molecule has 4 rings (SSSR count). The van der Waals surface area contributed by atoms with E-state index in [0.29, 0.717) is 22.6 Å². The lowest BCUT2D eigenvalue weighted by Gasteiger charge is -2.12. The van der Waals surface area contributed by atoms with Crippen LogP contribution in [-0.4, -0.2) is 23.4 Å². The van der Waals surface area contributed by atoms with Crippen LogP contribution in [-0.2, 0) is 4.79 Å². The van der Waals surface area contributed by atoms with Crippen molar-refractivity contribution in [3.05, 3.63) is 134 Å². The molecule has 0 spiro atoms. The zero-order valence-corrected chi connectivity index (χ0v) is 24.0. The van der Waals surface area contributed by atoms with Gasteiger partial charge in [0.25, 0.3) is 11.8 Å². The Kier molecular flexibility index (Phi) is 9.70. The van der Waals surface area contributed by atoms with Crippen molar-refractivity contribution < 1.29 is 14.4 Å². The molecule has 0 aliphatic carbocycles. The second-order valence-electron chi connectivity index (χ2n) is 8.13. The number of nitrogens with one attached hydrogen (secondary N) is 2. The van der Waals surface area contributed by atoms with Gasteiger partial charge in [-0.15, -0.1) is 11.8 Å². The summed E-state index contributed by atoms with van der Waals surface area (Å²) in [7, 11) is 0. The molecule has 0 radical (unpaired) electrons. The number of ketones is 1. The number of benzene rings is 4. The second-order valence-corrected chi connectivity index (χ2v) is 11.0. The molecule has 0 unspecified atom stereocenters. The molecule has 4 aromatic carbocycles. The summed E-state index contributed by atoms with van der Waals surface area (Å²) in [4.78, 5) is 39.3. The topological polar surface area (TPSA) is 75.3 Å². The van der Waals surface area contributed by atoms with Gasteiger partial charge in [0.2, 0.25) is 0 Å². The zero-order valence-electron chi connectivity index (χ0n) is 20.0. The van der Waals surface area contributed by atoms with Gasteiger partial charge >= 0.3 is 0 Å². The summed E-state index contributed by atoms with van der Waals surface area (Å²) in [6, 6.07) is 30.6. The number of carbonyl (C=O) groups is 3. The van der Waals surface area contributed by atoms with Crippen molar-refractivity contribution in [2.45, 2.75) is 4.90 Å². The summed E-state index contributed by atoms with van der Waals surface area (Å²) in [5.74, 6) is -0.501. The molecule has 0 aromatic heterocycles. The Morgan fingerprint density at radius 2 is 1.45 bits per heavy atom. The Morgan fingerprint density at radius 3 is 2.13 bits per heavy atom. The molecule has 4 aromatic rings. The van der Waals surface area contributed by atoms with E-state index in [2.05, 4.69) is 42.5 Å². The molecule has 38 heavy (non-hydrogen) atoms. The normalized spacial score (nSPS) is 11.1. The van der Waals surface area contributed by atoms with E-state index in [9.17, 15) is 14.4 Å². The lowest BCUT2D eigenvalue weighted by atomic mass is 10.1. The van der Waals surface area contributed by atoms with Crippen LogP contribution >= 0.6 is 43.6 Å². The molecule has 0 bridgehead atoms. The number of rotatable bonds is 9. The molecule has 2 amide bonds. The third-order valence-corrected chi connectivity index (χ3v) is 7.37. The highest BCUT2D eigenvalue weighted by atomic mass is 79.9. The van der Waals surface area contributed by atoms with Gasteiger partial charge in [-0.2, -0.15) is 0 Å². The molecule has 2 N–H and O–H groups in total. The van der Waals surface area contributed by atoms with E-state index in [-0.39, 0.29) is 17.4 Å². The number of thioether (sulfide) groups is 1. The maximum absolute atomic E-state index is 13.2. The molecular formula is C30H22Br2N2O3S. The Bertz CT molecular complexity index is 1470. The predicted molar refractivity (Wildman–Crippen MR) is 160 cm³/mol. The first-order valence-corrected chi connectivity index (χ1v) is 14.1. The fraction of sp³-hybridized carbons (Fsp3) is 0.0333. The molecular weight excluding hydrogens is 628 g/mol. The van der Waals surface area contributed by atoms with Gasteiger partial charge < -0.3 is 10.6 Å². The van der Waals surface area contributed by atoms with Crippen LogP contribution in [0, 0.1) is 0 Å². The summed E-state index contributed by atoms with van der Waals surface area (Å²) in [6.45, 7) is 0. The van der Waals surface area contributed by atoms with Gasteiger partial charge in [-0.1, -0.05) is 74.3 Å². The SMILES string of the molecule is O=C(Nc1ccc(SCC(=O)c2ccc(Br)cc2)cc1)/C(=C/c1cccc(Br)c1)NC(=O)c1ccccc1. The largest absolute Gasteiger partial charge is 0.321 e. The number of hydrogen-bond acceptors (Lipinski definition) is 4. The van der Waals surface area contributed by atoms with Crippen LogP contribution in [0.2, 0.25) is 0 Å². The Labute approximate surface area is 242 Å². The first-order chi connectivity index (χ1) is 18.4. The molecule has 5 nitrogen and oxygen atoms in total. The Morgan fingerprint density at radius 1 is 0.737 bits per heavy atom. The molecule has 0 aliphatic rings. The molecule has 0 saturated carbocycles. The fourth-order valence-electron chi connectivity index (χ4n) is 3.41. The number of halogens is 2. The summed E-state index contributed by atoms with van der Waals surface area (Å²) in [5, 5.41) is 5.58. The maximum Gasteiger partial charge on any atom is 0.272 e. The summed E-state index contributed by atoms with van der Waals surface area (Å²) < 4.78 is 1.78. The molecule has 0 fully saturated rings. The quantitative estimate of drug-likeness (QED) is 0.111. The average Bonchev–Trinajstić information content (AvgIpc) is 2.93. The molecule has 190 valence electrons. The summed E-state index contributed by atoms with van der Waals surface area (Å²) >= 11 is 8.23. The van der Waals surface area contributed by atoms with E-state index in [0.717, 1.165) is 19.4 Å². The second kappa shape index (κ2) is 13.4. The van der Waals surface area contributed by atoms with Gasteiger partial charge in [0.1, 0.15) is 5.70 Å². The maximum atomic E-state index is 13.2. The number of carbonyl (C=O) groups excluding carboxylic acids is 3. The van der Waals surface area contributed by atoms with Crippen molar-refractivity contribution in [3.8, 4) is 0 Å². The minimum atomic E-state index is -0.458. The van der Waals surface area contributed by atoms with Crippen LogP contribution in [0.1, 0.15) is 26.3 Å². The minimum Gasteiger partial charge on any atom is -0.321 e. The number of amides is 2. The Hall–Kier alpha value is -3.46. The van der Waals surface area contributed by atoms with Gasteiger partial charge in [0.15, 0.2) is 5.78 Å².